The summed E-state index contributed by atoms with van der Waals surface area (Å²) in [5.41, 5.74) is 1.01. The Balaban J connectivity index is 1.64. The Morgan fingerprint density at radius 3 is 2.77 bits per heavy atom. The summed E-state index contributed by atoms with van der Waals surface area (Å²) >= 11 is 0. The molecule has 2 amide bonds. The van der Waals surface area contributed by atoms with E-state index in [1.54, 1.807) is 11.8 Å². The molecular weight excluding hydrogens is 284 g/mol. The van der Waals surface area contributed by atoms with Gasteiger partial charge < -0.3 is 9.64 Å². The van der Waals surface area contributed by atoms with Crippen LogP contribution in [-0.4, -0.2) is 47.2 Å². The van der Waals surface area contributed by atoms with Crippen molar-refractivity contribution >= 4 is 12.0 Å². The van der Waals surface area contributed by atoms with Gasteiger partial charge in [0.25, 0.3) is 0 Å². The zero-order valence-corrected chi connectivity index (χ0v) is 12.6. The van der Waals surface area contributed by atoms with Crippen LogP contribution in [0.1, 0.15) is 25.3 Å². The van der Waals surface area contributed by atoms with E-state index in [1.807, 2.05) is 30.3 Å². The van der Waals surface area contributed by atoms with Crippen LogP contribution in [0.5, 0.6) is 0 Å². The summed E-state index contributed by atoms with van der Waals surface area (Å²) in [7, 11) is 0. The van der Waals surface area contributed by atoms with Crippen LogP contribution in [0.2, 0.25) is 0 Å². The third-order valence-corrected chi connectivity index (χ3v) is 4.09. The van der Waals surface area contributed by atoms with Crippen molar-refractivity contribution < 1.29 is 19.2 Å². The number of esters is 1. The van der Waals surface area contributed by atoms with Gasteiger partial charge in [0, 0.05) is 6.54 Å². The topological polar surface area (TPSA) is 59.1 Å². The van der Waals surface area contributed by atoms with Gasteiger partial charge in [-0.05, 0) is 25.3 Å². The van der Waals surface area contributed by atoms with Gasteiger partial charge in [-0.25, -0.2) is 9.59 Å². The molecule has 6 heteroatoms. The number of hydroxylamine groups is 2. The lowest BCUT2D eigenvalue weighted by atomic mass is 10.0. The van der Waals surface area contributed by atoms with E-state index >= 15 is 0 Å². The SMILES string of the molecule is CCOC(=O)[C@@H]1CCC2CN1C(=O)N2OCc1ccccc1. The molecule has 2 aliphatic rings. The number of benzene rings is 1. The maximum absolute atomic E-state index is 12.4. The van der Waals surface area contributed by atoms with Gasteiger partial charge in [-0.3, -0.25) is 4.84 Å². The maximum atomic E-state index is 12.4. The lowest BCUT2D eigenvalue weighted by molar-refractivity contribution is -0.149. The number of fused-ring (bicyclic) bond motifs is 2. The van der Waals surface area contributed by atoms with Gasteiger partial charge in [-0.1, -0.05) is 30.3 Å². The molecular formula is C16H20N2O4. The van der Waals surface area contributed by atoms with Gasteiger partial charge in [0.2, 0.25) is 0 Å². The first-order valence-electron chi connectivity index (χ1n) is 7.64. The lowest BCUT2D eigenvalue weighted by Gasteiger charge is -2.28. The van der Waals surface area contributed by atoms with Crippen molar-refractivity contribution in [2.75, 3.05) is 13.2 Å². The number of carbonyl (C=O) groups excluding carboxylic acids is 2. The van der Waals surface area contributed by atoms with Gasteiger partial charge in [-0.2, -0.15) is 5.06 Å². The highest BCUT2D eigenvalue weighted by molar-refractivity contribution is 5.85. The monoisotopic (exact) mass is 304 g/mol. The lowest BCUT2D eigenvalue weighted by Crippen LogP contribution is -2.45. The molecule has 0 aromatic heterocycles. The number of urea groups is 1. The minimum absolute atomic E-state index is 0.0156. The zero-order valence-electron chi connectivity index (χ0n) is 12.6. The molecule has 2 heterocycles. The average molecular weight is 304 g/mol. The Morgan fingerprint density at radius 1 is 1.27 bits per heavy atom. The molecule has 6 nitrogen and oxygen atoms in total. The predicted octanol–water partition coefficient (Wildman–Crippen LogP) is 1.95. The molecule has 2 atom stereocenters. The summed E-state index contributed by atoms with van der Waals surface area (Å²) in [6, 6.07) is 9.01. The maximum Gasteiger partial charge on any atom is 0.345 e. The molecule has 118 valence electrons. The standard InChI is InChI=1S/C16H20N2O4/c1-2-21-15(19)14-9-8-13-10-17(14)16(20)18(13)22-11-12-6-4-3-5-7-12/h3-7,13-14H,2,8-11H2,1H3/t13?,14-/m0/s1. The number of nitrogens with zero attached hydrogens (tertiary/aromatic N) is 2. The van der Waals surface area contributed by atoms with Crippen molar-refractivity contribution in [3.05, 3.63) is 35.9 Å². The van der Waals surface area contributed by atoms with Crippen LogP contribution in [0, 0.1) is 0 Å². The second-order valence-corrected chi connectivity index (χ2v) is 5.52. The first-order valence-corrected chi connectivity index (χ1v) is 7.64. The Bertz CT molecular complexity index is 548. The number of ether oxygens (including phenoxy) is 1. The van der Waals surface area contributed by atoms with E-state index < -0.39 is 6.04 Å². The molecule has 2 aliphatic heterocycles. The molecule has 0 aliphatic carbocycles. The van der Waals surface area contributed by atoms with Crippen molar-refractivity contribution in [3.8, 4) is 0 Å². The summed E-state index contributed by atoms with van der Waals surface area (Å²) in [5, 5.41) is 1.42. The molecule has 2 fully saturated rings. The highest BCUT2D eigenvalue weighted by atomic mass is 16.7. The second kappa shape index (κ2) is 6.36. The summed E-state index contributed by atoms with van der Waals surface area (Å²) in [5.74, 6) is -0.320. The molecule has 3 rings (SSSR count). The number of amides is 2. The Kier molecular flexibility index (Phi) is 4.29. The van der Waals surface area contributed by atoms with Gasteiger partial charge in [0.05, 0.1) is 12.6 Å². The van der Waals surface area contributed by atoms with Crippen molar-refractivity contribution in [1.82, 2.24) is 9.96 Å². The largest absolute Gasteiger partial charge is 0.464 e. The smallest absolute Gasteiger partial charge is 0.345 e. The molecule has 2 saturated heterocycles. The summed E-state index contributed by atoms with van der Waals surface area (Å²) < 4.78 is 5.05. The van der Waals surface area contributed by atoms with E-state index in [4.69, 9.17) is 9.57 Å². The fraction of sp³-hybridized carbons (Fsp3) is 0.500. The number of hydrogen-bond donors (Lipinski definition) is 0. The number of piperidine rings is 1. The minimum Gasteiger partial charge on any atom is -0.464 e. The van der Waals surface area contributed by atoms with Gasteiger partial charge >= 0.3 is 12.0 Å². The number of carbonyl (C=O) groups is 2. The van der Waals surface area contributed by atoms with Crippen LogP contribution in [0.15, 0.2) is 30.3 Å². The van der Waals surface area contributed by atoms with E-state index in [0.29, 0.717) is 26.2 Å². The first kappa shape index (κ1) is 14.8. The van der Waals surface area contributed by atoms with E-state index in [-0.39, 0.29) is 18.0 Å². The first-order chi connectivity index (χ1) is 10.7. The van der Waals surface area contributed by atoms with Crippen LogP contribution in [-0.2, 0) is 21.0 Å². The predicted molar refractivity (Wildman–Crippen MR) is 78.6 cm³/mol. The van der Waals surface area contributed by atoms with Crippen LogP contribution in [0.25, 0.3) is 0 Å². The quantitative estimate of drug-likeness (QED) is 0.780. The molecule has 22 heavy (non-hydrogen) atoms. The second-order valence-electron chi connectivity index (χ2n) is 5.52. The summed E-state index contributed by atoms with van der Waals surface area (Å²) in [4.78, 5) is 31.6. The Hall–Kier alpha value is -2.08. The van der Waals surface area contributed by atoms with E-state index in [0.717, 1.165) is 12.0 Å². The molecule has 0 spiro atoms. The molecule has 0 N–H and O–H groups in total. The minimum atomic E-state index is -0.478. The zero-order chi connectivity index (χ0) is 15.5. The van der Waals surface area contributed by atoms with E-state index in [9.17, 15) is 9.59 Å². The molecule has 1 aromatic carbocycles. The summed E-state index contributed by atoms with van der Waals surface area (Å²) in [6.45, 7) is 2.97. The van der Waals surface area contributed by atoms with Crippen LogP contribution < -0.4 is 0 Å². The highest BCUT2D eigenvalue weighted by Gasteiger charge is 2.48. The van der Waals surface area contributed by atoms with E-state index in [1.165, 1.54) is 5.06 Å². The molecule has 0 saturated carbocycles. The summed E-state index contributed by atoms with van der Waals surface area (Å²) in [6.07, 6.45) is 1.38. The average Bonchev–Trinajstić information content (AvgIpc) is 2.78. The third kappa shape index (κ3) is 2.78. The molecule has 2 bridgehead atoms. The van der Waals surface area contributed by atoms with Gasteiger partial charge in [0.1, 0.15) is 12.6 Å². The van der Waals surface area contributed by atoms with Gasteiger partial charge in [0.15, 0.2) is 0 Å². The number of rotatable bonds is 5. The van der Waals surface area contributed by atoms with Crippen LogP contribution in [0.3, 0.4) is 0 Å². The molecule has 1 unspecified atom stereocenters. The van der Waals surface area contributed by atoms with Crippen molar-refractivity contribution in [1.29, 1.82) is 0 Å². The Morgan fingerprint density at radius 2 is 2.05 bits per heavy atom. The van der Waals surface area contributed by atoms with Crippen LogP contribution in [0.4, 0.5) is 4.79 Å². The van der Waals surface area contributed by atoms with Crippen molar-refractivity contribution in [2.45, 2.75) is 38.5 Å². The third-order valence-electron chi connectivity index (χ3n) is 4.09. The Labute approximate surface area is 129 Å². The molecule has 0 radical (unpaired) electrons. The van der Waals surface area contributed by atoms with Crippen LogP contribution >= 0.6 is 0 Å². The normalized spacial score (nSPS) is 23.8. The van der Waals surface area contributed by atoms with Crippen molar-refractivity contribution in [3.63, 3.8) is 0 Å². The van der Waals surface area contributed by atoms with Gasteiger partial charge in [-0.15, -0.1) is 0 Å². The fourth-order valence-corrected chi connectivity index (χ4v) is 3.00. The highest BCUT2D eigenvalue weighted by Crippen LogP contribution is 2.30. The van der Waals surface area contributed by atoms with Crippen molar-refractivity contribution in [2.24, 2.45) is 0 Å². The molecule has 1 aromatic rings. The fourth-order valence-electron chi connectivity index (χ4n) is 3.00. The van der Waals surface area contributed by atoms with E-state index in [2.05, 4.69) is 0 Å². The number of hydrogen-bond acceptors (Lipinski definition) is 4.